The van der Waals surface area contributed by atoms with Crippen LogP contribution in [0.25, 0.3) is 0 Å². The van der Waals surface area contributed by atoms with Gasteiger partial charge in [0.2, 0.25) is 0 Å². The van der Waals surface area contributed by atoms with Crippen LogP contribution in [0, 0.1) is 17.6 Å². The third kappa shape index (κ3) is 5.14. The molecule has 5 nitrogen and oxygen atoms in total. The number of β-amino-alcohol motifs (C(OH)–C–C–N with tert-alkyl or cyclic N) is 1. The molecule has 0 bridgehead atoms. The molecule has 0 spiro atoms. The Morgan fingerprint density at radius 2 is 1.88 bits per heavy atom. The van der Waals surface area contributed by atoms with E-state index in [-0.39, 0.29) is 6.09 Å². The van der Waals surface area contributed by atoms with Crippen molar-refractivity contribution in [3.05, 3.63) is 35.4 Å². The summed E-state index contributed by atoms with van der Waals surface area (Å²) in [6.07, 6.45) is -1.22. The largest absolute Gasteiger partial charge is 0.449 e. The van der Waals surface area contributed by atoms with Crippen LogP contribution in [-0.2, 0) is 4.74 Å². The molecule has 1 aromatic rings. The van der Waals surface area contributed by atoms with E-state index in [1.807, 2.05) is 18.7 Å². The maximum Gasteiger partial charge on any atom is 0.409 e. The number of carbonyl (C=O) groups excluding carboxylic acids is 1. The van der Waals surface area contributed by atoms with E-state index in [9.17, 15) is 18.7 Å². The Morgan fingerprint density at radius 1 is 1.21 bits per heavy atom. The molecule has 1 atom stereocenters. The molecule has 1 aromatic carbocycles. The van der Waals surface area contributed by atoms with Gasteiger partial charge < -0.3 is 14.7 Å². The number of carbonyl (C=O) groups is 1. The molecule has 2 rings (SSSR count). The number of nitrogens with zero attached hydrogens (tertiary/aromatic N) is 2. The standard InChI is InChI=1S/C17H24F2N2O3/c1-12(2)11-24-17(23)21-7-5-20(6-8-21)10-16(22)13-3-4-14(18)15(19)9-13/h3-4,9,12,16,22H,5-8,10-11H2,1-2H3. The molecule has 1 N–H and O–H groups in total. The molecule has 1 aliphatic rings. The van der Waals surface area contributed by atoms with Gasteiger partial charge in [-0.3, -0.25) is 4.90 Å². The van der Waals surface area contributed by atoms with Crippen molar-refractivity contribution in [2.75, 3.05) is 39.3 Å². The fourth-order valence-electron chi connectivity index (χ4n) is 2.51. The van der Waals surface area contributed by atoms with Crippen molar-refractivity contribution >= 4 is 6.09 Å². The zero-order valence-electron chi connectivity index (χ0n) is 14.0. The lowest BCUT2D eigenvalue weighted by atomic mass is 10.1. The number of hydrogen-bond donors (Lipinski definition) is 1. The third-order valence-electron chi connectivity index (χ3n) is 3.93. The lowest BCUT2D eigenvalue weighted by molar-refractivity contribution is 0.0518. The van der Waals surface area contributed by atoms with Gasteiger partial charge in [0.15, 0.2) is 11.6 Å². The number of benzene rings is 1. The lowest BCUT2D eigenvalue weighted by Gasteiger charge is -2.35. The first kappa shape index (κ1) is 18.6. The summed E-state index contributed by atoms with van der Waals surface area (Å²) in [5.41, 5.74) is 0.340. The SMILES string of the molecule is CC(C)COC(=O)N1CCN(CC(O)c2ccc(F)c(F)c2)CC1. The molecule has 1 heterocycles. The first-order chi connectivity index (χ1) is 11.4. The van der Waals surface area contributed by atoms with E-state index in [0.29, 0.717) is 50.8 Å². The summed E-state index contributed by atoms with van der Waals surface area (Å²) in [7, 11) is 0. The molecule has 1 saturated heterocycles. The number of rotatable bonds is 5. The summed E-state index contributed by atoms with van der Waals surface area (Å²) in [5.74, 6) is -1.61. The van der Waals surface area contributed by atoms with Gasteiger partial charge in [0.05, 0.1) is 12.7 Å². The normalized spacial score (nSPS) is 17.2. The Bertz CT molecular complexity index is 561. The molecule has 7 heteroatoms. The summed E-state index contributed by atoms with van der Waals surface area (Å²) < 4.78 is 31.4. The predicted octanol–water partition coefficient (Wildman–Crippen LogP) is 2.41. The van der Waals surface area contributed by atoms with Crippen LogP contribution in [0.4, 0.5) is 13.6 Å². The molecule has 0 aromatic heterocycles. The quantitative estimate of drug-likeness (QED) is 0.893. The lowest BCUT2D eigenvalue weighted by Crippen LogP contribution is -2.49. The highest BCUT2D eigenvalue weighted by Gasteiger charge is 2.24. The van der Waals surface area contributed by atoms with Crippen molar-refractivity contribution < 1.29 is 23.4 Å². The molecule has 134 valence electrons. The molecule has 0 saturated carbocycles. The van der Waals surface area contributed by atoms with Crippen LogP contribution in [0.2, 0.25) is 0 Å². The van der Waals surface area contributed by atoms with Gasteiger partial charge >= 0.3 is 6.09 Å². The van der Waals surface area contributed by atoms with Gasteiger partial charge in [-0.25, -0.2) is 13.6 Å². The average Bonchev–Trinajstić information content (AvgIpc) is 2.55. The highest BCUT2D eigenvalue weighted by Crippen LogP contribution is 2.18. The van der Waals surface area contributed by atoms with E-state index in [4.69, 9.17) is 4.74 Å². The molecule has 1 aliphatic heterocycles. The molecular formula is C17H24F2N2O3. The van der Waals surface area contributed by atoms with Crippen LogP contribution in [0.3, 0.4) is 0 Å². The van der Waals surface area contributed by atoms with Crippen LogP contribution < -0.4 is 0 Å². The summed E-state index contributed by atoms with van der Waals surface area (Å²) >= 11 is 0. The first-order valence-electron chi connectivity index (χ1n) is 8.14. The van der Waals surface area contributed by atoms with E-state index < -0.39 is 17.7 Å². The van der Waals surface area contributed by atoms with Crippen LogP contribution in [0.5, 0.6) is 0 Å². The summed E-state index contributed by atoms with van der Waals surface area (Å²) in [6, 6.07) is 3.40. The fraction of sp³-hybridized carbons (Fsp3) is 0.588. The van der Waals surface area contributed by atoms with Crippen molar-refractivity contribution in [1.29, 1.82) is 0 Å². The van der Waals surface area contributed by atoms with E-state index in [0.717, 1.165) is 12.1 Å². The smallest absolute Gasteiger partial charge is 0.409 e. The number of amides is 1. The molecule has 1 fully saturated rings. The Hall–Kier alpha value is -1.73. The zero-order chi connectivity index (χ0) is 17.7. The van der Waals surface area contributed by atoms with Crippen molar-refractivity contribution in [3.63, 3.8) is 0 Å². The number of aliphatic hydroxyl groups is 1. The number of aliphatic hydroxyl groups excluding tert-OH is 1. The van der Waals surface area contributed by atoms with E-state index >= 15 is 0 Å². The van der Waals surface area contributed by atoms with Gasteiger partial charge in [-0.15, -0.1) is 0 Å². The predicted molar refractivity (Wildman–Crippen MR) is 85.5 cm³/mol. The minimum atomic E-state index is -0.968. The molecule has 1 unspecified atom stereocenters. The van der Waals surface area contributed by atoms with Gasteiger partial charge in [0.25, 0.3) is 0 Å². The highest BCUT2D eigenvalue weighted by molar-refractivity contribution is 5.67. The van der Waals surface area contributed by atoms with Crippen LogP contribution in [0.15, 0.2) is 18.2 Å². The van der Waals surface area contributed by atoms with Crippen LogP contribution in [-0.4, -0.2) is 60.3 Å². The van der Waals surface area contributed by atoms with Crippen molar-refractivity contribution in [1.82, 2.24) is 9.80 Å². The van der Waals surface area contributed by atoms with Crippen LogP contribution >= 0.6 is 0 Å². The van der Waals surface area contributed by atoms with Crippen molar-refractivity contribution in [2.45, 2.75) is 20.0 Å². The Labute approximate surface area is 140 Å². The van der Waals surface area contributed by atoms with Crippen molar-refractivity contribution in [2.24, 2.45) is 5.92 Å². The van der Waals surface area contributed by atoms with Gasteiger partial charge in [0, 0.05) is 32.7 Å². The summed E-state index contributed by atoms with van der Waals surface area (Å²) in [4.78, 5) is 15.5. The Morgan fingerprint density at radius 3 is 2.46 bits per heavy atom. The number of ether oxygens (including phenoxy) is 1. The molecular weight excluding hydrogens is 318 g/mol. The minimum absolute atomic E-state index is 0.293. The molecule has 0 radical (unpaired) electrons. The van der Waals surface area contributed by atoms with Crippen LogP contribution in [0.1, 0.15) is 25.5 Å². The second-order valence-electron chi connectivity index (χ2n) is 6.45. The van der Waals surface area contributed by atoms with E-state index in [1.165, 1.54) is 6.07 Å². The highest BCUT2D eigenvalue weighted by atomic mass is 19.2. The topological polar surface area (TPSA) is 53.0 Å². The van der Waals surface area contributed by atoms with Gasteiger partial charge in [0.1, 0.15) is 0 Å². The monoisotopic (exact) mass is 342 g/mol. The first-order valence-corrected chi connectivity index (χ1v) is 8.14. The molecule has 1 amide bonds. The summed E-state index contributed by atoms with van der Waals surface area (Å²) in [6.45, 7) is 6.88. The second kappa shape index (κ2) is 8.39. The Kier molecular flexibility index (Phi) is 6.51. The fourth-order valence-corrected chi connectivity index (χ4v) is 2.51. The second-order valence-corrected chi connectivity index (χ2v) is 6.45. The van der Waals surface area contributed by atoms with E-state index in [1.54, 1.807) is 4.90 Å². The van der Waals surface area contributed by atoms with Crippen molar-refractivity contribution in [3.8, 4) is 0 Å². The van der Waals surface area contributed by atoms with Gasteiger partial charge in [-0.05, 0) is 23.6 Å². The third-order valence-corrected chi connectivity index (χ3v) is 3.93. The van der Waals surface area contributed by atoms with E-state index in [2.05, 4.69) is 0 Å². The maximum atomic E-state index is 13.2. The number of piperazine rings is 1. The Balaban J connectivity index is 1.80. The molecule has 24 heavy (non-hydrogen) atoms. The number of hydrogen-bond acceptors (Lipinski definition) is 4. The average molecular weight is 342 g/mol. The summed E-state index contributed by atoms with van der Waals surface area (Å²) in [5, 5.41) is 10.2. The maximum absolute atomic E-state index is 13.2. The minimum Gasteiger partial charge on any atom is -0.449 e. The van der Waals surface area contributed by atoms with Gasteiger partial charge in [-0.1, -0.05) is 19.9 Å². The number of halogens is 2. The van der Waals surface area contributed by atoms with Gasteiger partial charge in [-0.2, -0.15) is 0 Å². The molecule has 0 aliphatic carbocycles. The zero-order valence-corrected chi connectivity index (χ0v) is 14.0.